The van der Waals surface area contributed by atoms with Crippen LogP contribution in [0.2, 0.25) is 5.02 Å². The molecule has 1 aliphatic rings. The number of halogens is 1. The van der Waals surface area contributed by atoms with Crippen molar-refractivity contribution < 1.29 is 4.74 Å². The Balaban J connectivity index is 2.12. The van der Waals surface area contributed by atoms with Gasteiger partial charge < -0.3 is 9.64 Å². The summed E-state index contributed by atoms with van der Waals surface area (Å²) in [7, 11) is 0. The zero-order valence-electron chi connectivity index (χ0n) is 10.2. The molecule has 0 N–H and O–H groups in total. The van der Waals surface area contributed by atoms with Crippen LogP contribution in [0.5, 0.6) is 5.75 Å². The van der Waals surface area contributed by atoms with Crippen LogP contribution >= 0.6 is 23.8 Å². The zero-order chi connectivity index (χ0) is 13.0. The predicted molar refractivity (Wildman–Crippen MR) is 79.7 cm³/mol. The minimum atomic E-state index is 0.454. The van der Waals surface area contributed by atoms with E-state index < -0.39 is 0 Å². The number of hydrogen-bond acceptors (Lipinski definition) is 2. The van der Waals surface area contributed by atoms with Crippen LogP contribution in [-0.4, -0.2) is 29.6 Å². The van der Waals surface area contributed by atoms with Gasteiger partial charge in [0.2, 0.25) is 0 Å². The van der Waals surface area contributed by atoms with Gasteiger partial charge in [-0.15, -0.1) is 0 Å². The van der Waals surface area contributed by atoms with Crippen molar-refractivity contribution in [2.24, 2.45) is 0 Å². The molecule has 1 fully saturated rings. The summed E-state index contributed by atoms with van der Waals surface area (Å²) >= 11 is 11.7. The third kappa shape index (κ3) is 3.03. The van der Waals surface area contributed by atoms with E-state index in [1.165, 1.54) is 12.8 Å². The van der Waals surface area contributed by atoms with Gasteiger partial charge in [0.1, 0.15) is 17.3 Å². The highest BCUT2D eigenvalue weighted by molar-refractivity contribution is 7.80. The van der Waals surface area contributed by atoms with Crippen LogP contribution in [0.3, 0.4) is 0 Å². The van der Waals surface area contributed by atoms with Crippen molar-refractivity contribution in [1.29, 1.82) is 0 Å². The van der Waals surface area contributed by atoms with E-state index in [-0.39, 0.29) is 0 Å². The van der Waals surface area contributed by atoms with Gasteiger partial charge in [-0.2, -0.15) is 0 Å². The molecule has 0 aliphatic carbocycles. The van der Waals surface area contributed by atoms with E-state index in [2.05, 4.69) is 11.5 Å². The van der Waals surface area contributed by atoms with Crippen LogP contribution in [-0.2, 0) is 0 Å². The molecule has 0 spiro atoms. The van der Waals surface area contributed by atoms with Gasteiger partial charge in [0.25, 0.3) is 0 Å². The fourth-order valence-electron chi connectivity index (χ4n) is 2.00. The quantitative estimate of drug-likeness (QED) is 0.617. The van der Waals surface area contributed by atoms with Crippen LogP contribution in [0.1, 0.15) is 18.4 Å². The fourth-order valence-corrected chi connectivity index (χ4v) is 2.55. The molecule has 0 aromatic heterocycles. The van der Waals surface area contributed by atoms with Crippen LogP contribution in [0.25, 0.3) is 0 Å². The third-order valence-electron chi connectivity index (χ3n) is 2.93. The number of hydrogen-bond donors (Lipinski definition) is 0. The maximum Gasteiger partial charge on any atom is 0.138 e. The Hall–Kier alpha value is -1.06. The lowest BCUT2D eigenvalue weighted by atomic mass is 10.2. The minimum absolute atomic E-state index is 0.454. The summed E-state index contributed by atoms with van der Waals surface area (Å²) in [6, 6.07) is 5.70. The first kappa shape index (κ1) is 13.4. The summed E-state index contributed by atoms with van der Waals surface area (Å²) < 4.78 is 5.44. The maximum absolute atomic E-state index is 6.18. The molecule has 2 nitrogen and oxygen atoms in total. The van der Waals surface area contributed by atoms with Gasteiger partial charge in [0.15, 0.2) is 0 Å². The van der Waals surface area contributed by atoms with Gasteiger partial charge in [-0.3, -0.25) is 0 Å². The molecule has 1 aliphatic heterocycles. The van der Waals surface area contributed by atoms with Crippen molar-refractivity contribution in [3.8, 4) is 5.75 Å². The molecule has 0 unspecified atom stereocenters. The average molecular weight is 282 g/mol. The van der Waals surface area contributed by atoms with Crippen molar-refractivity contribution >= 4 is 28.8 Å². The molecule has 1 heterocycles. The molecule has 1 saturated heterocycles. The first-order chi connectivity index (χ1) is 8.72. The lowest BCUT2D eigenvalue weighted by molar-refractivity contribution is 0.363. The summed E-state index contributed by atoms with van der Waals surface area (Å²) in [5.41, 5.74) is 0.989. The van der Waals surface area contributed by atoms with Crippen LogP contribution in [0.15, 0.2) is 30.9 Å². The number of nitrogens with zero attached hydrogens (tertiary/aromatic N) is 1. The Bertz CT molecular complexity index is 455. The normalized spacial score (nSPS) is 14.6. The second kappa shape index (κ2) is 6.21. The SMILES string of the molecule is C=CCOc1ccc(C(=S)N2CCCC2)cc1Cl. The molecule has 18 heavy (non-hydrogen) atoms. The van der Waals surface area contributed by atoms with Crippen molar-refractivity contribution in [3.05, 3.63) is 41.4 Å². The smallest absolute Gasteiger partial charge is 0.138 e. The molecule has 1 aromatic carbocycles. The largest absolute Gasteiger partial charge is 0.488 e. The second-order valence-corrected chi connectivity index (χ2v) is 5.04. The van der Waals surface area contributed by atoms with E-state index in [1.807, 2.05) is 18.2 Å². The highest BCUT2D eigenvalue weighted by Gasteiger charge is 2.16. The standard InChI is InChI=1S/C14H16ClNOS/c1-2-9-17-13-6-5-11(10-12(13)15)14(18)16-7-3-4-8-16/h2,5-6,10H,1,3-4,7-9H2. The summed E-state index contributed by atoms with van der Waals surface area (Å²) in [5, 5.41) is 0.593. The molecular formula is C14H16ClNOS. The molecule has 0 bridgehead atoms. The highest BCUT2D eigenvalue weighted by atomic mass is 35.5. The Morgan fingerprint density at radius 2 is 2.17 bits per heavy atom. The summed E-state index contributed by atoms with van der Waals surface area (Å²) in [4.78, 5) is 3.11. The van der Waals surface area contributed by atoms with Crippen molar-refractivity contribution in [2.75, 3.05) is 19.7 Å². The van der Waals surface area contributed by atoms with E-state index in [0.29, 0.717) is 17.4 Å². The van der Waals surface area contributed by atoms with Gasteiger partial charge in [-0.25, -0.2) is 0 Å². The minimum Gasteiger partial charge on any atom is -0.488 e. The topological polar surface area (TPSA) is 12.5 Å². The predicted octanol–water partition coefficient (Wildman–Crippen LogP) is 3.68. The molecule has 1 aromatic rings. The molecule has 4 heteroatoms. The van der Waals surface area contributed by atoms with Crippen molar-refractivity contribution in [1.82, 2.24) is 4.90 Å². The zero-order valence-corrected chi connectivity index (χ0v) is 11.8. The third-order valence-corrected chi connectivity index (χ3v) is 3.72. The van der Waals surface area contributed by atoms with Gasteiger partial charge >= 0.3 is 0 Å². The Labute approximate surface area is 118 Å². The van der Waals surface area contributed by atoms with E-state index in [4.69, 9.17) is 28.6 Å². The summed E-state index contributed by atoms with van der Waals surface area (Å²) in [5.74, 6) is 0.671. The van der Waals surface area contributed by atoms with Gasteiger partial charge in [0, 0.05) is 18.7 Å². The molecule has 0 amide bonds. The first-order valence-corrected chi connectivity index (χ1v) is 6.83. The number of thiocarbonyl (C=S) groups is 1. The lowest BCUT2D eigenvalue weighted by Gasteiger charge is -2.19. The van der Waals surface area contributed by atoms with Gasteiger partial charge in [-0.05, 0) is 31.0 Å². The summed E-state index contributed by atoms with van der Waals surface area (Å²) in [6.07, 6.45) is 4.13. The number of benzene rings is 1. The molecule has 0 atom stereocenters. The van der Waals surface area contributed by atoms with Crippen LogP contribution in [0, 0.1) is 0 Å². The van der Waals surface area contributed by atoms with Crippen molar-refractivity contribution in [2.45, 2.75) is 12.8 Å². The van der Waals surface area contributed by atoms with E-state index in [9.17, 15) is 0 Å². The maximum atomic E-state index is 6.18. The molecule has 0 radical (unpaired) electrons. The molecular weight excluding hydrogens is 266 g/mol. The van der Waals surface area contributed by atoms with Crippen LogP contribution in [0.4, 0.5) is 0 Å². The molecule has 2 rings (SSSR count). The average Bonchev–Trinajstić information content (AvgIpc) is 2.90. The van der Waals surface area contributed by atoms with Crippen molar-refractivity contribution in [3.63, 3.8) is 0 Å². The van der Waals surface area contributed by atoms with E-state index in [0.717, 1.165) is 23.6 Å². The Morgan fingerprint density at radius 1 is 1.44 bits per heavy atom. The monoisotopic (exact) mass is 281 g/mol. The van der Waals surface area contributed by atoms with Gasteiger partial charge in [-0.1, -0.05) is 36.5 Å². The highest BCUT2D eigenvalue weighted by Crippen LogP contribution is 2.26. The van der Waals surface area contributed by atoms with E-state index in [1.54, 1.807) is 6.08 Å². The first-order valence-electron chi connectivity index (χ1n) is 6.05. The number of likely N-dealkylation sites (tertiary alicyclic amines) is 1. The Kier molecular flexibility index (Phi) is 4.61. The number of rotatable bonds is 4. The lowest BCUT2D eigenvalue weighted by Crippen LogP contribution is -2.26. The molecule has 0 saturated carbocycles. The number of ether oxygens (including phenoxy) is 1. The fraction of sp³-hybridized carbons (Fsp3) is 0.357. The second-order valence-electron chi connectivity index (χ2n) is 4.24. The molecule has 96 valence electrons. The Morgan fingerprint density at radius 3 is 2.78 bits per heavy atom. The summed E-state index contributed by atoms with van der Waals surface area (Å²) in [6.45, 7) is 6.16. The van der Waals surface area contributed by atoms with E-state index >= 15 is 0 Å². The van der Waals surface area contributed by atoms with Crippen LogP contribution < -0.4 is 4.74 Å². The van der Waals surface area contributed by atoms with Gasteiger partial charge in [0.05, 0.1) is 5.02 Å².